The number of rotatable bonds is 5. The van der Waals surface area contributed by atoms with E-state index in [0.29, 0.717) is 6.42 Å². The van der Waals surface area contributed by atoms with Gasteiger partial charge in [0.25, 0.3) is 0 Å². The zero-order valence-electron chi connectivity index (χ0n) is 13.8. The minimum absolute atomic E-state index is 0.00370. The van der Waals surface area contributed by atoms with Crippen molar-refractivity contribution in [2.24, 2.45) is 10.9 Å². The lowest BCUT2D eigenvalue weighted by atomic mass is 9.93. The first-order valence-electron chi connectivity index (χ1n) is 8.42. The van der Waals surface area contributed by atoms with E-state index in [4.69, 9.17) is 0 Å². The van der Waals surface area contributed by atoms with E-state index in [1.54, 1.807) is 7.05 Å². The van der Waals surface area contributed by atoms with Crippen molar-refractivity contribution in [2.75, 3.05) is 44.7 Å². The average molecular weight is 330 g/mol. The lowest BCUT2D eigenvalue weighted by Crippen LogP contribution is -2.44. The molecule has 0 spiro atoms. The Bertz CT molecular complexity index is 470. The van der Waals surface area contributed by atoms with E-state index in [1.165, 1.54) is 25.9 Å². The third-order valence-electron chi connectivity index (χ3n) is 4.80. The number of hydrogen-bond donors (Lipinski definition) is 2. The van der Waals surface area contributed by atoms with Crippen molar-refractivity contribution < 1.29 is 8.42 Å². The molecular weight excluding hydrogens is 300 g/mol. The van der Waals surface area contributed by atoms with Crippen LogP contribution in [0.3, 0.4) is 0 Å². The van der Waals surface area contributed by atoms with Crippen LogP contribution >= 0.6 is 0 Å². The Morgan fingerprint density at radius 3 is 2.55 bits per heavy atom. The van der Waals surface area contributed by atoms with Gasteiger partial charge in [0.2, 0.25) is 0 Å². The number of sulfone groups is 1. The summed E-state index contributed by atoms with van der Waals surface area (Å²) in [5.41, 5.74) is 0. The van der Waals surface area contributed by atoms with Gasteiger partial charge in [0, 0.05) is 19.6 Å². The standard InChI is InChI=1S/C15H30N4O2S/c1-3-19-9-5-13(6-10-19)4-8-17-15(16-2)18-14-7-11-22(20,21)12-14/h13-14H,3-12H2,1-2H3,(H2,16,17,18). The van der Waals surface area contributed by atoms with Crippen LogP contribution in [0.5, 0.6) is 0 Å². The van der Waals surface area contributed by atoms with Gasteiger partial charge in [-0.3, -0.25) is 4.99 Å². The molecule has 0 aromatic carbocycles. The molecule has 2 aliphatic rings. The molecule has 6 nitrogen and oxygen atoms in total. The van der Waals surface area contributed by atoms with Gasteiger partial charge in [-0.15, -0.1) is 0 Å². The zero-order valence-corrected chi connectivity index (χ0v) is 14.7. The lowest BCUT2D eigenvalue weighted by molar-refractivity contribution is 0.187. The maximum Gasteiger partial charge on any atom is 0.191 e. The molecule has 2 saturated heterocycles. The van der Waals surface area contributed by atoms with Crippen LogP contribution in [0.2, 0.25) is 0 Å². The zero-order chi connectivity index (χ0) is 16.0. The second-order valence-corrected chi connectivity index (χ2v) is 8.64. The summed E-state index contributed by atoms with van der Waals surface area (Å²) in [5.74, 6) is 2.04. The summed E-state index contributed by atoms with van der Waals surface area (Å²) in [6, 6.07) is 0.00370. The van der Waals surface area contributed by atoms with Gasteiger partial charge in [-0.05, 0) is 51.2 Å². The fourth-order valence-electron chi connectivity index (χ4n) is 3.28. The maximum absolute atomic E-state index is 11.5. The normalized spacial score (nSPS) is 27.0. The maximum atomic E-state index is 11.5. The fraction of sp³-hybridized carbons (Fsp3) is 0.933. The van der Waals surface area contributed by atoms with Crippen LogP contribution in [0, 0.1) is 5.92 Å². The van der Waals surface area contributed by atoms with E-state index in [0.717, 1.165) is 31.4 Å². The number of hydrogen-bond acceptors (Lipinski definition) is 4. The number of guanidine groups is 1. The lowest BCUT2D eigenvalue weighted by Gasteiger charge is -2.31. The van der Waals surface area contributed by atoms with Gasteiger partial charge in [-0.2, -0.15) is 0 Å². The van der Waals surface area contributed by atoms with E-state index in [-0.39, 0.29) is 17.5 Å². The van der Waals surface area contributed by atoms with Gasteiger partial charge in [-0.1, -0.05) is 6.92 Å². The minimum Gasteiger partial charge on any atom is -0.356 e. The second-order valence-electron chi connectivity index (χ2n) is 6.41. The van der Waals surface area contributed by atoms with Crippen molar-refractivity contribution in [3.63, 3.8) is 0 Å². The highest BCUT2D eigenvalue weighted by molar-refractivity contribution is 7.91. The number of nitrogens with zero attached hydrogens (tertiary/aromatic N) is 2. The van der Waals surface area contributed by atoms with Crippen molar-refractivity contribution in [3.8, 4) is 0 Å². The molecule has 0 aromatic rings. The number of piperidine rings is 1. The molecule has 0 bridgehead atoms. The Morgan fingerprint density at radius 1 is 1.27 bits per heavy atom. The summed E-state index contributed by atoms with van der Waals surface area (Å²) in [6.07, 6.45) is 4.39. The van der Waals surface area contributed by atoms with Gasteiger partial charge in [0.15, 0.2) is 15.8 Å². The average Bonchev–Trinajstić information content (AvgIpc) is 2.85. The highest BCUT2D eigenvalue weighted by atomic mass is 32.2. The second kappa shape index (κ2) is 8.15. The first-order valence-corrected chi connectivity index (χ1v) is 10.2. The van der Waals surface area contributed by atoms with Gasteiger partial charge in [0.05, 0.1) is 11.5 Å². The van der Waals surface area contributed by atoms with Crippen molar-refractivity contribution >= 4 is 15.8 Å². The molecule has 2 fully saturated rings. The molecule has 2 rings (SSSR count). The van der Waals surface area contributed by atoms with Gasteiger partial charge in [0.1, 0.15) is 0 Å². The number of nitrogens with one attached hydrogen (secondary N) is 2. The molecule has 0 aliphatic carbocycles. The molecule has 128 valence electrons. The molecule has 2 heterocycles. The Labute approximate surface area is 134 Å². The van der Waals surface area contributed by atoms with E-state index in [1.807, 2.05) is 0 Å². The highest BCUT2D eigenvalue weighted by Crippen LogP contribution is 2.19. The van der Waals surface area contributed by atoms with E-state index in [9.17, 15) is 8.42 Å². The van der Waals surface area contributed by atoms with Crippen LogP contribution < -0.4 is 10.6 Å². The van der Waals surface area contributed by atoms with Crippen LogP contribution in [-0.2, 0) is 9.84 Å². The predicted molar refractivity (Wildman–Crippen MR) is 91.0 cm³/mol. The Morgan fingerprint density at radius 2 is 2.00 bits per heavy atom. The van der Waals surface area contributed by atoms with E-state index in [2.05, 4.69) is 27.4 Å². The summed E-state index contributed by atoms with van der Waals surface area (Å²) in [7, 11) is -1.11. The molecular formula is C15H30N4O2S. The van der Waals surface area contributed by atoms with Crippen molar-refractivity contribution in [1.29, 1.82) is 0 Å². The molecule has 0 aromatic heterocycles. The highest BCUT2D eigenvalue weighted by Gasteiger charge is 2.28. The van der Waals surface area contributed by atoms with Crippen molar-refractivity contribution in [3.05, 3.63) is 0 Å². The fourth-order valence-corrected chi connectivity index (χ4v) is 4.96. The summed E-state index contributed by atoms with van der Waals surface area (Å²) < 4.78 is 23.0. The Balaban J connectivity index is 1.65. The molecule has 1 atom stereocenters. The molecule has 0 saturated carbocycles. The van der Waals surface area contributed by atoms with Crippen LogP contribution in [0.25, 0.3) is 0 Å². The van der Waals surface area contributed by atoms with Gasteiger partial charge in [-0.25, -0.2) is 8.42 Å². The Hall–Kier alpha value is -0.820. The first-order chi connectivity index (χ1) is 10.5. The summed E-state index contributed by atoms with van der Waals surface area (Å²) in [4.78, 5) is 6.70. The molecule has 0 radical (unpaired) electrons. The predicted octanol–water partition coefficient (Wildman–Crippen LogP) is 0.461. The number of likely N-dealkylation sites (tertiary alicyclic amines) is 1. The quantitative estimate of drug-likeness (QED) is 0.566. The van der Waals surface area contributed by atoms with Crippen molar-refractivity contribution in [1.82, 2.24) is 15.5 Å². The topological polar surface area (TPSA) is 73.8 Å². The minimum atomic E-state index is -2.84. The van der Waals surface area contributed by atoms with Crippen LogP contribution in [-0.4, -0.2) is 70.1 Å². The third-order valence-corrected chi connectivity index (χ3v) is 6.56. The number of aliphatic imine (C=N–C) groups is 1. The molecule has 1 unspecified atom stereocenters. The molecule has 2 aliphatic heterocycles. The Kier molecular flexibility index (Phi) is 6.50. The molecule has 2 N–H and O–H groups in total. The van der Waals surface area contributed by atoms with Crippen LogP contribution in [0.1, 0.15) is 32.6 Å². The molecule has 0 amide bonds. The third kappa shape index (κ3) is 5.43. The summed E-state index contributed by atoms with van der Waals surface area (Å²) in [5, 5.41) is 6.55. The van der Waals surface area contributed by atoms with E-state index < -0.39 is 9.84 Å². The molecule has 7 heteroatoms. The summed E-state index contributed by atoms with van der Waals surface area (Å²) in [6.45, 7) is 6.71. The largest absolute Gasteiger partial charge is 0.356 e. The van der Waals surface area contributed by atoms with Crippen molar-refractivity contribution in [2.45, 2.75) is 38.6 Å². The van der Waals surface area contributed by atoms with Crippen LogP contribution in [0.15, 0.2) is 4.99 Å². The summed E-state index contributed by atoms with van der Waals surface area (Å²) >= 11 is 0. The van der Waals surface area contributed by atoms with E-state index >= 15 is 0 Å². The van der Waals surface area contributed by atoms with Gasteiger partial charge >= 0.3 is 0 Å². The van der Waals surface area contributed by atoms with Crippen LogP contribution in [0.4, 0.5) is 0 Å². The smallest absolute Gasteiger partial charge is 0.191 e. The SMILES string of the molecule is CCN1CCC(CCNC(=NC)NC2CCS(=O)(=O)C2)CC1. The van der Waals surface area contributed by atoms with Gasteiger partial charge < -0.3 is 15.5 Å². The first kappa shape index (κ1) is 17.5. The monoisotopic (exact) mass is 330 g/mol. The molecule has 22 heavy (non-hydrogen) atoms.